The van der Waals surface area contributed by atoms with Crippen LogP contribution in [0.5, 0.6) is 11.5 Å². The van der Waals surface area contributed by atoms with Gasteiger partial charge in [0, 0.05) is 5.38 Å². The summed E-state index contributed by atoms with van der Waals surface area (Å²) in [6.07, 6.45) is -0.0924. The van der Waals surface area contributed by atoms with Gasteiger partial charge < -0.3 is 40.9 Å². The van der Waals surface area contributed by atoms with E-state index < -0.39 is 42.2 Å². The van der Waals surface area contributed by atoms with E-state index in [-0.39, 0.29) is 39.9 Å². The van der Waals surface area contributed by atoms with Crippen LogP contribution in [0.1, 0.15) is 35.5 Å². The van der Waals surface area contributed by atoms with Crippen LogP contribution in [0.15, 0.2) is 22.7 Å². The molecular weight excluding hydrogens is 459 g/mol. The highest BCUT2D eigenvalue weighted by molar-refractivity contribution is 7.13. The van der Waals surface area contributed by atoms with E-state index in [4.69, 9.17) is 15.2 Å². The average molecular weight is 478 g/mol. The van der Waals surface area contributed by atoms with Crippen molar-refractivity contribution in [1.29, 1.82) is 0 Å². The summed E-state index contributed by atoms with van der Waals surface area (Å²) in [5, 5.41) is 46.3. The number of aromatic nitrogens is 1. The third-order valence-corrected chi connectivity index (χ3v) is 5.25. The molecule has 2 heterocycles. The molecule has 1 aliphatic rings. The Morgan fingerprint density at radius 1 is 1.36 bits per heavy atom. The molecular formula is C18H19BN4O9S. The van der Waals surface area contributed by atoms with Crippen LogP contribution in [0.3, 0.4) is 0 Å². The molecule has 3 rings (SSSR count). The van der Waals surface area contributed by atoms with Crippen LogP contribution in [-0.2, 0) is 20.8 Å². The Morgan fingerprint density at radius 3 is 2.64 bits per heavy atom. The molecule has 15 heteroatoms. The largest absolute Gasteiger partial charge is 0.547 e. The van der Waals surface area contributed by atoms with Gasteiger partial charge >= 0.3 is 19.1 Å². The molecule has 1 aliphatic heterocycles. The van der Waals surface area contributed by atoms with Gasteiger partial charge in [0.2, 0.25) is 5.60 Å². The molecule has 0 radical (unpaired) electrons. The van der Waals surface area contributed by atoms with E-state index >= 15 is 0 Å². The van der Waals surface area contributed by atoms with Crippen LogP contribution in [-0.4, -0.2) is 67.5 Å². The lowest BCUT2D eigenvalue weighted by Crippen LogP contribution is -2.54. The number of phenols is 1. The van der Waals surface area contributed by atoms with E-state index in [1.54, 1.807) is 0 Å². The third kappa shape index (κ3) is 5.15. The number of nitrogens with zero attached hydrogens (tertiary/aromatic N) is 2. The molecule has 174 valence electrons. The molecule has 0 spiro atoms. The summed E-state index contributed by atoms with van der Waals surface area (Å²) < 4.78 is 5.29. The molecule has 1 amide bonds. The second-order valence-electron chi connectivity index (χ2n) is 7.50. The molecule has 13 nitrogen and oxygen atoms in total. The maximum Gasteiger partial charge on any atom is 0.547 e. The number of nitrogens with two attached hydrogens (primary N) is 1. The number of rotatable bonds is 7. The molecule has 0 fully saturated rings. The monoisotopic (exact) mass is 478 g/mol. The van der Waals surface area contributed by atoms with E-state index in [1.807, 2.05) is 0 Å². The number of carbonyl (C=O) groups is 3. The Morgan fingerprint density at radius 2 is 2.06 bits per heavy atom. The first-order chi connectivity index (χ1) is 15.4. The van der Waals surface area contributed by atoms with Crippen LogP contribution >= 0.6 is 11.3 Å². The smallest absolute Gasteiger partial charge is 0.534 e. The van der Waals surface area contributed by atoms with Crippen LogP contribution in [0, 0.1) is 0 Å². The lowest BCUT2D eigenvalue weighted by molar-refractivity contribution is -0.161. The first-order valence-corrected chi connectivity index (χ1v) is 10.2. The van der Waals surface area contributed by atoms with Gasteiger partial charge in [-0.1, -0.05) is 5.16 Å². The van der Waals surface area contributed by atoms with Crippen molar-refractivity contribution < 1.29 is 44.2 Å². The SMILES string of the molecule is CC(C)(ON=C(C(=O)NC1Cc2cc(O)cc(C(=O)O)c2OB1O)c1csc(N)n1)C(=O)O. The zero-order chi connectivity index (χ0) is 24.5. The van der Waals surface area contributed by atoms with Gasteiger partial charge in [-0.3, -0.25) is 4.79 Å². The normalized spacial score (nSPS) is 15.9. The highest BCUT2D eigenvalue weighted by Crippen LogP contribution is 2.33. The standard InChI is InChI=1S/C18H19BN4O9S/c1-18(2,16(28)29)32-23-12(10-6-33-17(20)21-10)14(25)22-11-4-7-3-8(24)5-9(15(26)27)13(7)31-19(11)30/h3,5-6,11,24,30H,4H2,1-2H3,(H2,20,21)(H,22,25)(H,26,27)(H,28,29). The number of carboxylic acid groups (broad SMARTS) is 2. The number of aromatic hydroxyl groups is 1. The summed E-state index contributed by atoms with van der Waals surface area (Å²) >= 11 is 1.01. The van der Waals surface area contributed by atoms with Crippen LogP contribution < -0.4 is 15.7 Å². The predicted octanol–water partition coefficient (Wildman–Crippen LogP) is -0.147. The first kappa shape index (κ1) is 23.8. The van der Waals surface area contributed by atoms with Crippen molar-refractivity contribution in [3.8, 4) is 11.5 Å². The number of oxime groups is 1. The summed E-state index contributed by atoms with van der Waals surface area (Å²) in [6.45, 7) is 2.46. The first-order valence-electron chi connectivity index (χ1n) is 9.34. The van der Waals surface area contributed by atoms with Gasteiger partial charge in [-0.15, -0.1) is 11.3 Å². The minimum absolute atomic E-state index is 0.00798. The highest BCUT2D eigenvalue weighted by Gasteiger charge is 2.39. The fraction of sp³-hybridized carbons (Fsp3) is 0.278. The number of phenolic OH excluding ortho intramolecular Hbond substituents is 1. The molecule has 0 aliphatic carbocycles. The van der Waals surface area contributed by atoms with Crippen molar-refractivity contribution in [3.63, 3.8) is 0 Å². The number of aliphatic carboxylic acids is 1. The van der Waals surface area contributed by atoms with Gasteiger partial charge in [0.25, 0.3) is 5.91 Å². The molecule has 1 aromatic carbocycles. The van der Waals surface area contributed by atoms with Gasteiger partial charge in [-0.25, -0.2) is 14.6 Å². The molecule has 33 heavy (non-hydrogen) atoms. The van der Waals surface area contributed by atoms with Crippen molar-refractivity contribution in [1.82, 2.24) is 10.3 Å². The second-order valence-corrected chi connectivity index (χ2v) is 8.39. The van der Waals surface area contributed by atoms with Crippen molar-refractivity contribution >= 4 is 47.1 Å². The Hall–Kier alpha value is -3.85. The number of benzene rings is 1. The summed E-state index contributed by atoms with van der Waals surface area (Å²) in [5.74, 6) is -5.14. The van der Waals surface area contributed by atoms with Crippen LogP contribution in [0.25, 0.3) is 0 Å². The van der Waals surface area contributed by atoms with Gasteiger partial charge in [0.15, 0.2) is 10.8 Å². The highest BCUT2D eigenvalue weighted by atomic mass is 32.1. The molecule has 1 unspecified atom stereocenters. The van der Waals surface area contributed by atoms with E-state index in [9.17, 15) is 34.7 Å². The average Bonchev–Trinajstić information content (AvgIpc) is 3.14. The van der Waals surface area contributed by atoms with E-state index in [0.29, 0.717) is 0 Å². The summed E-state index contributed by atoms with van der Waals surface area (Å²) in [7, 11) is -1.64. The maximum absolute atomic E-state index is 13.0. The molecule has 1 atom stereocenters. The maximum atomic E-state index is 13.0. The fourth-order valence-corrected chi connectivity index (χ4v) is 3.37. The molecule has 2 aromatic rings. The Kier molecular flexibility index (Phi) is 6.46. The minimum atomic E-state index is -1.76. The molecule has 0 bridgehead atoms. The van der Waals surface area contributed by atoms with Crippen molar-refractivity contribution in [2.24, 2.45) is 5.16 Å². The number of anilines is 1. The van der Waals surface area contributed by atoms with Crippen LogP contribution in [0.4, 0.5) is 5.13 Å². The minimum Gasteiger partial charge on any atom is -0.534 e. The summed E-state index contributed by atoms with van der Waals surface area (Å²) in [5.41, 5.74) is 3.35. The van der Waals surface area contributed by atoms with Gasteiger partial charge in [-0.2, -0.15) is 0 Å². The molecule has 7 N–H and O–H groups in total. The van der Waals surface area contributed by atoms with E-state index in [1.165, 1.54) is 25.3 Å². The zero-order valence-electron chi connectivity index (χ0n) is 17.3. The summed E-state index contributed by atoms with van der Waals surface area (Å²) in [6, 6.07) is 2.23. The van der Waals surface area contributed by atoms with Gasteiger partial charge in [-0.05, 0) is 38.0 Å². The number of aromatic carboxylic acids is 1. The lowest BCUT2D eigenvalue weighted by atomic mass is 9.72. The number of nitrogens with one attached hydrogen (secondary N) is 1. The molecule has 1 aromatic heterocycles. The Labute approximate surface area is 190 Å². The number of hydrogen-bond donors (Lipinski definition) is 6. The number of nitrogen functional groups attached to an aromatic ring is 1. The van der Waals surface area contributed by atoms with Crippen molar-refractivity contribution in [3.05, 3.63) is 34.3 Å². The van der Waals surface area contributed by atoms with Gasteiger partial charge in [0.1, 0.15) is 22.8 Å². The third-order valence-electron chi connectivity index (χ3n) is 4.58. The fourth-order valence-electron chi connectivity index (χ4n) is 2.82. The molecule has 0 saturated carbocycles. The van der Waals surface area contributed by atoms with Crippen LogP contribution in [0.2, 0.25) is 0 Å². The second kappa shape index (κ2) is 8.95. The Bertz CT molecular complexity index is 1150. The van der Waals surface area contributed by atoms with Crippen molar-refractivity contribution in [2.45, 2.75) is 31.8 Å². The number of fused-ring (bicyclic) bond motifs is 1. The van der Waals surface area contributed by atoms with E-state index in [0.717, 1.165) is 17.4 Å². The Balaban J connectivity index is 1.88. The van der Waals surface area contributed by atoms with E-state index in [2.05, 4.69) is 15.5 Å². The zero-order valence-corrected chi connectivity index (χ0v) is 18.1. The number of carboxylic acids is 2. The number of amides is 1. The predicted molar refractivity (Wildman–Crippen MR) is 115 cm³/mol. The summed E-state index contributed by atoms with van der Waals surface area (Å²) in [4.78, 5) is 44.6. The quantitative estimate of drug-likeness (QED) is 0.175. The number of hydrogen-bond acceptors (Lipinski definition) is 11. The lowest BCUT2D eigenvalue weighted by Gasteiger charge is -2.29. The topological polar surface area (TPSA) is 214 Å². The van der Waals surface area contributed by atoms with Crippen molar-refractivity contribution in [2.75, 3.05) is 5.73 Å². The molecule has 0 saturated heterocycles. The number of carbonyl (C=O) groups excluding carboxylic acids is 1. The number of thiazole rings is 1. The van der Waals surface area contributed by atoms with Gasteiger partial charge in [0.05, 0.1) is 5.94 Å².